The van der Waals surface area contributed by atoms with E-state index in [-0.39, 0.29) is 5.91 Å². The zero-order valence-corrected chi connectivity index (χ0v) is 17.3. The van der Waals surface area contributed by atoms with E-state index in [4.69, 9.17) is 17.0 Å². The number of amides is 1. The second-order valence-corrected chi connectivity index (χ2v) is 8.64. The van der Waals surface area contributed by atoms with Crippen LogP contribution >= 0.6 is 39.9 Å². The third-order valence-electron chi connectivity index (χ3n) is 4.10. The highest BCUT2D eigenvalue weighted by atomic mass is 79.9. The lowest BCUT2D eigenvalue weighted by Gasteiger charge is -2.12. The van der Waals surface area contributed by atoms with Gasteiger partial charge in [-0.2, -0.15) is 0 Å². The van der Waals surface area contributed by atoms with Crippen LogP contribution in [-0.4, -0.2) is 10.2 Å². The van der Waals surface area contributed by atoms with Gasteiger partial charge < -0.3 is 10.1 Å². The van der Waals surface area contributed by atoms with E-state index in [9.17, 15) is 4.79 Å². The number of thiocarbonyl (C=S) groups is 1. The Morgan fingerprint density at radius 1 is 1.07 bits per heavy atom. The van der Waals surface area contributed by atoms with Gasteiger partial charge in [-0.25, -0.2) is 0 Å². The second kappa shape index (κ2) is 7.84. The fourth-order valence-electron chi connectivity index (χ4n) is 2.80. The van der Waals surface area contributed by atoms with E-state index in [1.807, 2.05) is 66.7 Å². The van der Waals surface area contributed by atoms with E-state index in [1.165, 1.54) is 11.8 Å². The number of benzene rings is 3. The van der Waals surface area contributed by atoms with Crippen molar-refractivity contribution in [2.45, 2.75) is 6.61 Å². The van der Waals surface area contributed by atoms with Crippen molar-refractivity contribution in [1.29, 1.82) is 0 Å². The highest BCUT2D eigenvalue weighted by molar-refractivity contribution is 9.10. The van der Waals surface area contributed by atoms with Gasteiger partial charge in [0.1, 0.15) is 16.7 Å². The number of carbonyl (C=O) groups is 1. The fourth-order valence-corrected chi connectivity index (χ4v) is 4.21. The Hall–Kier alpha value is -2.15. The molecule has 1 aliphatic heterocycles. The van der Waals surface area contributed by atoms with Crippen molar-refractivity contribution >= 4 is 67.0 Å². The molecule has 0 unspecified atom stereocenters. The van der Waals surface area contributed by atoms with Crippen LogP contribution in [0.4, 0.5) is 0 Å². The molecule has 0 spiro atoms. The molecule has 0 aliphatic carbocycles. The van der Waals surface area contributed by atoms with Crippen LogP contribution in [0.25, 0.3) is 16.8 Å². The Morgan fingerprint density at radius 3 is 2.63 bits per heavy atom. The normalized spacial score (nSPS) is 15.4. The first-order chi connectivity index (χ1) is 13.1. The van der Waals surface area contributed by atoms with Crippen molar-refractivity contribution in [3.05, 3.63) is 81.2 Å². The van der Waals surface area contributed by atoms with Crippen LogP contribution in [0.3, 0.4) is 0 Å². The number of carbonyl (C=O) groups excluding carboxylic acids is 1. The number of hydrogen-bond acceptors (Lipinski definition) is 4. The first-order valence-electron chi connectivity index (χ1n) is 8.23. The molecule has 0 radical (unpaired) electrons. The molecule has 1 N–H and O–H groups in total. The van der Waals surface area contributed by atoms with Crippen LogP contribution in [0.5, 0.6) is 5.75 Å². The molecule has 3 aromatic carbocycles. The zero-order valence-electron chi connectivity index (χ0n) is 14.1. The fraction of sp³-hybridized carbons (Fsp3) is 0.0476. The van der Waals surface area contributed by atoms with E-state index >= 15 is 0 Å². The predicted molar refractivity (Wildman–Crippen MR) is 119 cm³/mol. The largest absolute Gasteiger partial charge is 0.488 e. The molecular weight excluding hydrogens is 442 g/mol. The Labute approximate surface area is 174 Å². The molecule has 1 heterocycles. The van der Waals surface area contributed by atoms with Crippen LogP contribution in [0.1, 0.15) is 11.1 Å². The third-order valence-corrected chi connectivity index (χ3v) is 5.75. The van der Waals surface area contributed by atoms with Gasteiger partial charge in [0.05, 0.1) is 4.91 Å². The number of rotatable bonds is 4. The Balaban J connectivity index is 1.75. The summed E-state index contributed by atoms with van der Waals surface area (Å²) in [5.41, 5.74) is 1.93. The first kappa shape index (κ1) is 18.2. The smallest absolute Gasteiger partial charge is 0.263 e. The minimum Gasteiger partial charge on any atom is -0.488 e. The Kier molecular flexibility index (Phi) is 5.29. The molecule has 27 heavy (non-hydrogen) atoms. The van der Waals surface area contributed by atoms with Gasteiger partial charge in [0.15, 0.2) is 0 Å². The van der Waals surface area contributed by atoms with Crippen molar-refractivity contribution in [3.8, 4) is 5.75 Å². The van der Waals surface area contributed by atoms with Crippen molar-refractivity contribution in [1.82, 2.24) is 5.32 Å². The summed E-state index contributed by atoms with van der Waals surface area (Å²) >= 11 is 9.86. The topological polar surface area (TPSA) is 38.3 Å². The van der Waals surface area contributed by atoms with E-state index in [0.29, 0.717) is 15.8 Å². The molecule has 1 aliphatic rings. The Bertz CT molecular complexity index is 1080. The summed E-state index contributed by atoms with van der Waals surface area (Å²) in [7, 11) is 0. The summed E-state index contributed by atoms with van der Waals surface area (Å²) in [6.07, 6.45) is 1.83. The van der Waals surface area contributed by atoms with Gasteiger partial charge in [0, 0.05) is 10.0 Å². The van der Waals surface area contributed by atoms with Gasteiger partial charge in [-0.3, -0.25) is 4.79 Å². The van der Waals surface area contributed by atoms with Gasteiger partial charge in [0.25, 0.3) is 5.91 Å². The SMILES string of the molecule is O=C1NC(=S)S/C1=C/c1cc2cc(Br)ccc2cc1OCc1ccccc1. The predicted octanol–water partition coefficient (Wildman–Crippen LogP) is 5.67. The number of thioether (sulfide) groups is 1. The van der Waals surface area contributed by atoms with E-state index in [1.54, 1.807) is 0 Å². The van der Waals surface area contributed by atoms with Crippen LogP contribution in [0.15, 0.2) is 70.0 Å². The number of fused-ring (bicyclic) bond motifs is 1. The van der Waals surface area contributed by atoms with Crippen LogP contribution in [0, 0.1) is 0 Å². The quantitative estimate of drug-likeness (QED) is 0.406. The molecule has 6 heteroatoms. The monoisotopic (exact) mass is 455 g/mol. The molecule has 0 atom stereocenters. The zero-order chi connectivity index (χ0) is 18.8. The molecule has 0 aromatic heterocycles. The minimum absolute atomic E-state index is 0.173. The number of hydrogen-bond donors (Lipinski definition) is 1. The lowest BCUT2D eigenvalue weighted by atomic mass is 10.1. The summed E-state index contributed by atoms with van der Waals surface area (Å²) < 4.78 is 7.58. The maximum absolute atomic E-state index is 12.1. The molecule has 3 aromatic rings. The standard InChI is InChI=1S/C21H14BrNO2S2/c22-17-7-6-14-10-18(25-12-13-4-2-1-3-5-13)16(8-15(14)9-17)11-19-20(24)23-21(26)27-19/h1-11H,12H2,(H,23,24,26)/b19-11+. The van der Waals surface area contributed by atoms with Gasteiger partial charge in [0.2, 0.25) is 0 Å². The van der Waals surface area contributed by atoms with Crippen LogP contribution in [0.2, 0.25) is 0 Å². The van der Waals surface area contributed by atoms with Gasteiger partial charge in [-0.1, -0.05) is 76.3 Å². The number of nitrogens with one attached hydrogen (secondary N) is 1. The van der Waals surface area contributed by atoms with E-state index < -0.39 is 0 Å². The molecule has 1 saturated heterocycles. The average molecular weight is 456 g/mol. The molecule has 1 fully saturated rings. The molecule has 0 bridgehead atoms. The van der Waals surface area contributed by atoms with Crippen LogP contribution in [-0.2, 0) is 11.4 Å². The minimum atomic E-state index is -0.173. The summed E-state index contributed by atoms with van der Waals surface area (Å²) in [4.78, 5) is 12.6. The van der Waals surface area contributed by atoms with Gasteiger partial charge in [-0.05, 0) is 46.7 Å². The molecule has 3 nitrogen and oxygen atoms in total. The summed E-state index contributed by atoms with van der Waals surface area (Å²) in [6, 6.07) is 20.1. The second-order valence-electron chi connectivity index (χ2n) is 6.01. The highest BCUT2D eigenvalue weighted by Crippen LogP contribution is 2.33. The van der Waals surface area contributed by atoms with Crippen molar-refractivity contribution in [2.24, 2.45) is 0 Å². The lowest BCUT2D eigenvalue weighted by molar-refractivity contribution is -0.115. The first-order valence-corrected chi connectivity index (χ1v) is 10.3. The van der Waals surface area contributed by atoms with E-state index in [0.717, 1.165) is 32.1 Å². The maximum Gasteiger partial charge on any atom is 0.263 e. The van der Waals surface area contributed by atoms with Crippen molar-refractivity contribution in [3.63, 3.8) is 0 Å². The number of ether oxygens (including phenoxy) is 1. The van der Waals surface area contributed by atoms with E-state index in [2.05, 4.69) is 21.2 Å². The summed E-state index contributed by atoms with van der Waals surface area (Å²) in [5, 5.41) is 4.79. The Morgan fingerprint density at radius 2 is 1.89 bits per heavy atom. The van der Waals surface area contributed by atoms with Crippen molar-refractivity contribution < 1.29 is 9.53 Å². The molecule has 1 amide bonds. The molecule has 4 rings (SSSR count). The highest BCUT2D eigenvalue weighted by Gasteiger charge is 2.22. The number of halogens is 1. The molecule has 0 saturated carbocycles. The third kappa shape index (κ3) is 4.24. The van der Waals surface area contributed by atoms with Crippen LogP contribution < -0.4 is 10.1 Å². The summed E-state index contributed by atoms with van der Waals surface area (Å²) in [6.45, 7) is 0.455. The lowest BCUT2D eigenvalue weighted by Crippen LogP contribution is -2.17. The maximum atomic E-state index is 12.1. The summed E-state index contributed by atoms with van der Waals surface area (Å²) in [5.74, 6) is 0.556. The molecule has 134 valence electrons. The van der Waals surface area contributed by atoms with Crippen molar-refractivity contribution in [2.75, 3.05) is 0 Å². The van der Waals surface area contributed by atoms with Gasteiger partial charge >= 0.3 is 0 Å². The average Bonchev–Trinajstić information content (AvgIpc) is 2.98. The van der Waals surface area contributed by atoms with Gasteiger partial charge in [-0.15, -0.1) is 0 Å². The molecular formula is C21H14BrNO2S2.